The van der Waals surface area contributed by atoms with Gasteiger partial charge in [0.05, 0.1) is 24.0 Å². The van der Waals surface area contributed by atoms with Crippen molar-refractivity contribution in [3.8, 4) is 5.75 Å². The highest BCUT2D eigenvalue weighted by molar-refractivity contribution is 5.75. The van der Waals surface area contributed by atoms with Crippen molar-refractivity contribution in [3.05, 3.63) is 33.9 Å². The molecule has 0 heterocycles. The number of ether oxygens (including phenoxy) is 1. The van der Waals surface area contributed by atoms with E-state index in [0.717, 1.165) is 0 Å². The molecular formula is C9H9NO5. The fourth-order valence-corrected chi connectivity index (χ4v) is 1.13. The Bertz CT molecular complexity index is 401. The van der Waals surface area contributed by atoms with E-state index in [2.05, 4.69) is 4.74 Å². The molecule has 1 aromatic rings. The largest absolute Gasteiger partial charge is 0.507 e. The molecule has 0 amide bonds. The molecule has 0 radical (unpaired) electrons. The zero-order valence-corrected chi connectivity index (χ0v) is 7.97. The van der Waals surface area contributed by atoms with Crippen molar-refractivity contribution in [2.75, 3.05) is 7.11 Å². The molecule has 0 spiro atoms. The Morgan fingerprint density at radius 2 is 2.27 bits per heavy atom. The molecule has 0 aliphatic heterocycles. The zero-order valence-electron chi connectivity index (χ0n) is 7.97. The van der Waals surface area contributed by atoms with Crippen LogP contribution in [-0.2, 0) is 16.0 Å². The third-order valence-corrected chi connectivity index (χ3v) is 1.87. The summed E-state index contributed by atoms with van der Waals surface area (Å²) in [5.41, 5.74) is -0.324. The van der Waals surface area contributed by atoms with Crippen LogP contribution in [0.1, 0.15) is 5.56 Å². The number of hydrogen-bond acceptors (Lipinski definition) is 5. The SMILES string of the molecule is COC(=O)Cc1c(O)cccc1[N+](=O)[O-]. The monoisotopic (exact) mass is 211 g/mol. The normalized spacial score (nSPS) is 9.67. The number of nitro groups is 1. The lowest BCUT2D eigenvalue weighted by Crippen LogP contribution is -2.07. The Hall–Kier alpha value is -2.11. The van der Waals surface area contributed by atoms with Crippen LogP contribution in [0.4, 0.5) is 5.69 Å². The van der Waals surface area contributed by atoms with Gasteiger partial charge >= 0.3 is 5.97 Å². The van der Waals surface area contributed by atoms with Crippen molar-refractivity contribution in [2.45, 2.75) is 6.42 Å². The van der Waals surface area contributed by atoms with Crippen molar-refractivity contribution in [1.82, 2.24) is 0 Å². The Morgan fingerprint density at radius 1 is 1.60 bits per heavy atom. The van der Waals surface area contributed by atoms with Gasteiger partial charge in [0.1, 0.15) is 5.75 Å². The number of aromatic hydroxyl groups is 1. The minimum atomic E-state index is -0.655. The molecule has 6 heteroatoms. The molecule has 0 saturated heterocycles. The van der Waals surface area contributed by atoms with E-state index >= 15 is 0 Å². The second-order valence-corrected chi connectivity index (χ2v) is 2.78. The van der Waals surface area contributed by atoms with Gasteiger partial charge in [0, 0.05) is 6.07 Å². The highest BCUT2D eigenvalue weighted by Crippen LogP contribution is 2.27. The minimum absolute atomic E-state index is 0.0330. The Labute approximate surface area is 85.2 Å². The van der Waals surface area contributed by atoms with Gasteiger partial charge in [-0.25, -0.2) is 0 Å². The molecule has 1 N–H and O–H groups in total. The van der Waals surface area contributed by atoms with Crippen molar-refractivity contribution in [2.24, 2.45) is 0 Å². The highest BCUT2D eigenvalue weighted by atomic mass is 16.6. The van der Waals surface area contributed by atoms with E-state index in [1.165, 1.54) is 25.3 Å². The predicted octanol–water partition coefficient (Wildman–Crippen LogP) is 1.02. The fourth-order valence-electron chi connectivity index (χ4n) is 1.13. The maximum absolute atomic E-state index is 11.0. The smallest absolute Gasteiger partial charge is 0.310 e. The van der Waals surface area contributed by atoms with Crippen LogP contribution < -0.4 is 0 Å². The van der Waals surface area contributed by atoms with Crippen LogP contribution in [0.25, 0.3) is 0 Å². The molecule has 0 aliphatic carbocycles. The molecule has 0 fully saturated rings. The van der Waals surface area contributed by atoms with E-state index in [-0.39, 0.29) is 23.4 Å². The van der Waals surface area contributed by atoms with Gasteiger partial charge in [-0.3, -0.25) is 14.9 Å². The van der Waals surface area contributed by atoms with Crippen molar-refractivity contribution in [3.63, 3.8) is 0 Å². The number of phenolic OH excluding ortho intramolecular Hbond substituents is 1. The van der Waals surface area contributed by atoms with Gasteiger partial charge in [-0.1, -0.05) is 6.07 Å². The zero-order chi connectivity index (χ0) is 11.4. The lowest BCUT2D eigenvalue weighted by molar-refractivity contribution is -0.385. The van der Waals surface area contributed by atoms with Gasteiger partial charge in [-0.05, 0) is 6.07 Å². The van der Waals surface area contributed by atoms with E-state index in [9.17, 15) is 20.0 Å². The molecule has 15 heavy (non-hydrogen) atoms. The van der Waals surface area contributed by atoms with Gasteiger partial charge in [0.25, 0.3) is 5.69 Å². The fraction of sp³-hybridized carbons (Fsp3) is 0.222. The van der Waals surface area contributed by atoms with Gasteiger partial charge in [-0.2, -0.15) is 0 Å². The summed E-state index contributed by atoms with van der Waals surface area (Å²) in [6.45, 7) is 0. The van der Waals surface area contributed by atoms with E-state index in [1.54, 1.807) is 0 Å². The van der Waals surface area contributed by atoms with Crippen LogP contribution in [0.15, 0.2) is 18.2 Å². The number of nitro benzene ring substituents is 1. The summed E-state index contributed by atoms with van der Waals surface area (Å²) < 4.78 is 4.37. The van der Waals surface area contributed by atoms with E-state index in [1.807, 2.05) is 0 Å². The third-order valence-electron chi connectivity index (χ3n) is 1.87. The first-order valence-electron chi connectivity index (χ1n) is 4.08. The van der Waals surface area contributed by atoms with E-state index in [4.69, 9.17) is 0 Å². The summed E-state index contributed by atoms with van der Waals surface area (Å²) in [5, 5.41) is 20.0. The maximum Gasteiger partial charge on any atom is 0.310 e. The molecule has 0 aromatic heterocycles. The Morgan fingerprint density at radius 3 is 2.80 bits per heavy atom. The molecule has 0 saturated carbocycles. The first kappa shape index (κ1) is 11.0. The third kappa shape index (κ3) is 2.43. The van der Waals surface area contributed by atoms with Crippen LogP contribution in [0, 0.1) is 10.1 Å². The number of carbonyl (C=O) groups excluding carboxylic acids is 1. The molecule has 0 aliphatic rings. The number of phenols is 1. The minimum Gasteiger partial charge on any atom is -0.507 e. The van der Waals surface area contributed by atoms with Gasteiger partial charge in [0.15, 0.2) is 0 Å². The molecule has 0 atom stereocenters. The molecule has 1 rings (SSSR count). The molecule has 0 unspecified atom stereocenters. The number of hydrogen-bond donors (Lipinski definition) is 1. The van der Waals surface area contributed by atoms with E-state index < -0.39 is 10.9 Å². The predicted molar refractivity (Wildman–Crippen MR) is 50.5 cm³/mol. The highest BCUT2D eigenvalue weighted by Gasteiger charge is 2.19. The van der Waals surface area contributed by atoms with Gasteiger partial charge < -0.3 is 9.84 Å². The Kier molecular flexibility index (Phi) is 3.22. The van der Waals surface area contributed by atoms with Crippen LogP contribution >= 0.6 is 0 Å². The van der Waals surface area contributed by atoms with Gasteiger partial charge in [0.2, 0.25) is 0 Å². The number of rotatable bonds is 3. The quantitative estimate of drug-likeness (QED) is 0.458. The molecular weight excluding hydrogens is 202 g/mol. The van der Waals surface area contributed by atoms with Crippen LogP contribution in [-0.4, -0.2) is 23.1 Å². The first-order chi connectivity index (χ1) is 7.06. The molecule has 80 valence electrons. The van der Waals surface area contributed by atoms with Crippen LogP contribution in [0.2, 0.25) is 0 Å². The second kappa shape index (κ2) is 4.41. The van der Waals surface area contributed by atoms with E-state index in [0.29, 0.717) is 0 Å². The average Bonchev–Trinajstić information content (AvgIpc) is 2.20. The van der Waals surface area contributed by atoms with Crippen LogP contribution in [0.3, 0.4) is 0 Å². The van der Waals surface area contributed by atoms with Gasteiger partial charge in [-0.15, -0.1) is 0 Å². The standard InChI is InChI=1S/C9H9NO5/c1-15-9(12)5-6-7(10(13)14)3-2-4-8(6)11/h2-4,11H,5H2,1H3. The lowest BCUT2D eigenvalue weighted by Gasteiger charge is -2.03. The number of nitrogens with zero attached hydrogens (tertiary/aromatic N) is 1. The second-order valence-electron chi connectivity index (χ2n) is 2.78. The molecule has 1 aromatic carbocycles. The Balaban J connectivity index is 3.13. The van der Waals surface area contributed by atoms with Crippen molar-refractivity contribution in [1.29, 1.82) is 0 Å². The number of benzene rings is 1. The summed E-state index contributed by atoms with van der Waals surface area (Å²) in [5.74, 6) is -0.922. The average molecular weight is 211 g/mol. The number of esters is 1. The summed E-state index contributed by atoms with van der Waals surface area (Å²) in [7, 11) is 1.17. The summed E-state index contributed by atoms with van der Waals surface area (Å²) >= 11 is 0. The number of methoxy groups -OCH3 is 1. The number of carbonyl (C=O) groups is 1. The topological polar surface area (TPSA) is 89.7 Å². The van der Waals surface area contributed by atoms with Crippen molar-refractivity contribution >= 4 is 11.7 Å². The summed E-state index contributed by atoms with van der Waals surface area (Å²) in [6.07, 6.45) is -0.320. The summed E-state index contributed by atoms with van der Waals surface area (Å²) in [6, 6.07) is 3.84. The first-order valence-corrected chi connectivity index (χ1v) is 4.08. The van der Waals surface area contributed by atoms with Crippen LogP contribution in [0.5, 0.6) is 5.75 Å². The maximum atomic E-state index is 11.0. The molecule has 0 bridgehead atoms. The molecule has 6 nitrogen and oxygen atoms in total. The lowest BCUT2D eigenvalue weighted by atomic mass is 10.1. The summed E-state index contributed by atoms with van der Waals surface area (Å²) in [4.78, 5) is 20.9. The van der Waals surface area contributed by atoms with Crippen molar-refractivity contribution < 1.29 is 19.6 Å².